The molecule has 0 aliphatic carbocycles. The highest BCUT2D eigenvalue weighted by Crippen LogP contribution is 2.36. The lowest BCUT2D eigenvalue weighted by Gasteiger charge is -2.20. The molecule has 4 rings (SSSR count). The van der Waals surface area contributed by atoms with E-state index in [0.29, 0.717) is 28.8 Å². The number of benzene rings is 1. The monoisotopic (exact) mass is 389 g/mol. The zero-order valence-electron chi connectivity index (χ0n) is 14.8. The lowest BCUT2D eigenvalue weighted by molar-refractivity contribution is 0.139. The fourth-order valence-corrected chi connectivity index (χ4v) is 3.13. The molecule has 0 bridgehead atoms. The van der Waals surface area contributed by atoms with Crippen LogP contribution in [0.5, 0.6) is 5.75 Å². The standard InChI is InChI=1S/C19H18F3N5O/c20-14-6-16-15(25-3-4-26-16)5-11(14)7-27-17-10-24-9-13(19(21)22)18(17)28-12-1-2-23-8-12/h3-6,9-10,12,19,23,27H,1-2,7-8H2/t12-/m1/s1. The first-order valence-electron chi connectivity index (χ1n) is 8.88. The molecule has 6 nitrogen and oxygen atoms in total. The van der Waals surface area contributed by atoms with Crippen molar-refractivity contribution in [3.63, 3.8) is 0 Å². The van der Waals surface area contributed by atoms with E-state index in [4.69, 9.17) is 4.74 Å². The number of hydrogen-bond donors (Lipinski definition) is 2. The highest BCUT2D eigenvalue weighted by molar-refractivity contribution is 5.74. The van der Waals surface area contributed by atoms with Gasteiger partial charge in [-0.1, -0.05) is 0 Å². The maximum atomic E-state index is 14.4. The van der Waals surface area contributed by atoms with Crippen molar-refractivity contribution in [1.29, 1.82) is 0 Å². The number of hydrogen-bond acceptors (Lipinski definition) is 6. The van der Waals surface area contributed by atoms with E-state index in [1.54, 1.807) is 6.07 Å². The quantitative estimate of drug-likeness (QED) is 0.673. The average Bonchev–Trinajstić information content (AvgIpc) is 3.20. The lowest BCUT2D eigenvalue weighted by Crippen LogP contribution is -2.21. The summed E-state index contributed by atoms with van der Waals surface area (Å²) in [6.07, 6.45) is 3.31. The number of halogens is 3. The Morgan fingerprint density at radius 1 is 1.18 bits per heavy atom. The van der Waals surface area contributed by atoms with E-state index in [1.807, 2.05) is 0 Å². The molecule has 1 saturated heterocycles. The van der Waals surface area contributed by atoms with Gasteiger partial charge in [-0.25, -0.2) is 13.2 Å². The van der Waals surface area contributed by atoms with Crippen molar-refractivity contribution >= 4 is 16.7 Å². The van der Waals surface area contributed by atoms with Crippen molar-refractivity contribution in [2.75, 3.05) is 18.4 Å². The molecule has 1 aromatic carbocycles. The number of rotatable bonds is 6. The SMILES string of the molecule is Fc1cc2nccnc2cc1CNc1cncc(C(F)F)c1O[C@@H]1CCNC1. The third kappa shape index (κ3) is 3.84. The second-order valence-corrected chi connectivity index (χ2v) is 6.48. The first kappa shape index (κ1) is 18.4. The topological polar surface area (TPSA) is 72.0 Å². The number of alkyl halides is 2. The smallest absolute Gasteiger partial charge is 0.268 e. The Bertz CT molecular complexity index is 979. The number of ether oxygens (including phenoxy) is 1. The summed E-state index contributed by atoms with van der Waals surface area (Å²) in [4.78, 5) is 12.1. The summed E-state index contributed by atoms with van der Waals surface area (Å²) in [5.74, 6) is -0.402. The van der Waals surface area contributed by atoms with E-state index in [-0.39, 0.29) is 24.0 Å². The Labute approximate surface area is 159 Å². The van der Waals surface area contributed by atoms with Gasteiger partial charge in [-0.3, -0.25) is 15.0 Å². The maximum Gasteiger partial charge on any atom is 0.268 e. The van der Waals surface area contributed by atoms with Crippen LogP contribution in [0.1, 0.15) is 24.0 Å². The van der Waals surface area contributed by atoms with E-state index in [0.717, 1.165) is 19.2 Å². The molecular formula is C19H18F3N5O. The van der Waals surface area contributed by atoms with Gasteiger partial charge in [0, 0.05) is 43.3 Å². The predicted molar refractivity (Wildman–Crippen MR) is 97.9 cm³/mol. The van der Waals surface area contributed by atoms with Gasteiger partial charge in [0.2, 0.25) is 0 Å². The molecule has 1 fully saturated rings. The van der Waals surface area contributed by atoms with Crippen molar-refractivity contribution in [3.05, 3.63) is 53.9 Å². The Kier molecular flexibility index (Phi) is 5.25. The third-order valence-corrected chi connectivity index (χ3v) is 4.57. The molecule has 1 atom stereocenters. The first-order chi connectivity index (χ1) is 13.6. The highest BCUT2D eigenvalue weighted by atomic mass is 19.3. The minimum atomic E-state index is -2.73. The summed E-state index contributed by atoms with van der Waals surface area (Å²) < 4.78 is 47.1. The van der Waals surface area contributed by atoms with E-state index in [9.17, 15) is 13.2 Å². The van der Waals surface area contributed by atoms with Crippen LogP contribution in [0.2, 0.25) is 0 Å². The second kappa shape index (κ2) is 7.97. The molecule has 0 amide bonds. The molecule has 28 heavy (non-hydrogen) atoms. The van der Waals surface area contributed by atoms with Crippen LogP contribution in [-0.2, 0) is 6.54 Å². The molecule has 2 N–H and O–H groups in total. The number of pyridine rings is 1. The van der Waals surface area contributed by atoms with Gasteiger partial charge in [-0.15, -0.1) is 0 Å². The van der Waals surface area contributed by atoms with Crippen molar-refractivity contribution in [1.82, 2.24) is 20.3 Å². The van der Waals surface area contributed by atoms with E-state index >= 15 is 0 Å². The van der Waals surface area contributed by atoms with Gasteiger partial charge >= 0.3 is 0 Å². The van der Waals surface area contributed by atoms with Crippen LogP contribution in [0.15, 0.2) is 36.9 Å². The summed E-state index contributed by atoms with van der Waals surface area (Å²) in [7, 11) is 0. The molecule has 0 unspecified atom stereocenters. The minimum absolute atomic E-state index is 0.0553. The number of anilines is 1. The molecule has 3 heterocycles. The summed E-state index contributed by atoms with van der Waals surface area (Å²) in [6, 6.07) is 2.88. The Morgan fingerprint density at radius 2 is 1.96 bits per heavy atom. The van der Waals surface area contributed by atoms with E-state index in [1.165, 1.54) is 24.7 Å². The number of aromatic nitrogens is 3. The van der Waals surface area contributed by atoms with Crippen molar-refractivity contribution in [3.8, 4) is 5.75 Å². The Morgan fingerprint density at radius 3 is 2.68 bits per heavy atom. The maximum absolute atomic E-state index is 14.4. The zero-order valence-corrected chi connectivity index (χ0v) is 14.8. The van der Waals surface area contributed by atoms with Crippen molar-refractivity contribution < 1.29 is 17.9 Å². The average molecular weight is 389 g/mol. The van der Waals surface area contributed by atoms with Crippen LogP contribution in [0.4, 0.5) is 18.9 Å². The summed E-state index contributed by atoms with van der Waals surface area (Å²) >= 11 is 0. The molecule has 0 spiro atoms. The Hall–Kier alpha value is -2.94. The van der Waals surface area contributed by atoms with Gasteiger partial charge in [0.1, 0.15) is 11.9 Å². The molecule has 0 saturated carbocycles. The van der Waals surface area contributed by atoms with Crippen molar-refractivity contribution in [2.45, 2.75) is 25.5 Å². The van der Waals surface area contributed by atoms with Crippen LogP contribution in [0.25, 0.3) is 11.0 Å². The predicted octanol–water partition coefficient (Wildman–Crippen LogP) is 3.45. The zero-order chi connectivity index (χ0) is 19.5. The van der Waals surface area contributed by atoms with Crippen LogP contribution in [-0.4, -0.2) is 34.1 Å². The van der Waals surface area contributed by atoms with Gasteiger partial charge in [0.05, 0.1) is 28.5 Å². The summed E-state index contributed by atoms with van der Waals surface area (Å²) in [6.45, 7) is 1.42. The van der Waals surface area contributed by atoms with E-state index < -0.39 is 12.2 Å². The molecule has 9 heteroatoms. The first-order valence-corrected chi connectivity index (χ1v) is 8.88. The molecule has 146 valence electrons. The van der Waals surface area contributed by atoms with Gasteiger partial charge in [-0.05, 0) is 19.0 Å². The molecule has 3 aromatic rings. The number of fused-ring (bicyclic) bond motifs is 1. The van der Waals surface area contributed by atoms with Gasteiger partial charge in [0.25, 0.3) is 6.43 Å². The fraction of sp³-hybridized carbons (Fsp3) is 0.316. The van der Waals surface area contributed by atoms with Crippen LogP contribution in [0.3, 0.4) is 0 Å². The van der Waals surface area contributed by atoms with Crippen LogP contribution < -0.4 is 15.4 Å². The van der Waals surface area contributed by atoms with Gasteiger partial charge < -0.3 is 15.4 Å². The number of nitrogens with zero attached hydrogens (tertiary/aromatic N) is 3. The van der Waals surface area contributed by atoms with Crippen molar-refractivity contribution in [2.24, 2.45) is 0 Å². The molecule has 1 aliphatic rings. The van der Waals surface area contributed by atoms with Gasteiger partial charge in [-0.2, -0.15) is 0 Å². The largest absolute Gasteiger partial charge is 0.486 e. The molecule has 2 aromatic heterocycles. The molecule has 0 radical (unpaired) electrons. The summed E-state index contributed by atoms with van der Waals surface area (Å²) in [5.41, 5.74) is 1.34. The highest BCUT2D eigenvalue weighted by Gasteiger charge is 2.24. The molecule has 1 aliphatic heterocycles. The van der Waals surface area contributed by atoms with Crippen LogP contribution >= 0.6 is 0 Å². The fourth-order valence-electron chi connectivity index (χ4n) is 3.13. The lowest BCUT2D eigenvalue weighted by atomic mass is 10.1. The second-order valence-electron chi connectivity index (χ2n) is 6.48. The Balaban J connectivity index is 1.60. The van der Waals surface area contributed by atoms with Gasteiger partial charge in [0.15, 0.2) is 5.75 Å². The summed E-state index contributed by atoms with van der Waals surface area (Å²) in [5, 5.41) is 6.11. The van der Waals surface area contributed by atoms with Crippen LogP contribution in [0, 0.1) is 5.82 Å². The normalized spacial score (nSPS) is 16.6. The third-order valence-electron chi connectivity index (χ3n) is 4.57. The minimum Gasteiger partial charge on any atom is -0.486 e. The molecular weight excluding hydrogens is 371 g/mol. The number of nitrogens with one attached hydrogen (secondary N) is 2. The van der Waals surface area contributed by atoms with E-state index in [2.05, 4.69) is 25.6 Å².